The zero-order valence-electron chi connectivity index (χ0n) is 30.2. The predicted octanol–water partition coefficient (Wildman–Crippen LogP) is 11.4. The third-order valence-electron chi connectivity index (χ3n) is 9.48. The standard InChI is InChI=1S/C39H82NO3/c1-4-6-8-10-12-14-16-18-20-22-24-26-28-30-36-42-38-33-40(3,32-35-41)34-39-43-37-31-29-27-25-23-21-19-17-15-13-11-9-7-5-2/h41H,4-39H2,1-3H3/q+1. The summed E-state index contributed by atoms with van der Waals surface area (Å²) in [6.45, 7) is 10.9. The quantitative estimate of drug-likeness (QED) is 0.0557. The van der Waals surface area contributed by atoms with E-state index in [0.717, 1.165) is 50.5 Å². The second-order valence-electron chi connectivity index (χ2n) is 13.9. The number of unbranched alkanes of at least 4 members (excludes halogenated alkanes) is 26. The lowest BCUT2D eigenvalue weighted by Gasteiger charge is -2.33. The highest BCUT2D eigenvalue weighted by Crippen LogP contribution is 2.14. The minimum absolute atomic E-state index is 0.231. The predicted molar refractivity (Wildman–Crippen MR) is 190 cm³/mol. The molecule has 260 valence electrons. The molecule has 0 saturated heterocycles. The lowest BCUT2D eigenvalue weighted by Crippen LogP contribution is -2.50. The zero-order valence-corrected chi connectivity index (χ0v) is 30.2. The summed E-state index contributed by atoms with van der Waals surface area (Å²) in [5.41, 5.74) is 0. The van der Waals surface area contributed by atoms with Crippen molar-refractivity contribution in [3.05, 3.63) is 0 Å². The lowest BCUT2D eigenvalue weighted by molar-refractivity contribution is -0.910. The Labute approximate surface area is 272 Å². The van der Waals surface area contributed by atoms with Gasteiger partial charge < -0.3 is 19.1 Å². The Morgan fingerprint density at radius 2 is 0.605 bits per heavy atom. The molecule has 0 saturated carbocycles. The molecule has 0 amide bonds. The smallest absolute Gasteiger partial charge is 0.102 e. The van der Waals surface area contributed by atoms with Gasteiger partial charge in [0.15, 0.2) is 0 Å². The van der Waals surface area contributed by atoms with Crippen LogP contribution in [0.25, 0.3) is 0 Å². The Bertz CT molecular complexity index is 463. The summed E-state index contributed by atoms with van der Waals surface area (Å²) >= 11 is 0. The molecule has 0 aromatic heterocycles. The normalized spacial score (nSPS) is 12.0. The van der Waals surface area contributed by atoms with E-state index in [2.05, 4.69) is 20.9 Å². The van der Waals surface area contributed by atoms with Gasteiger partial charge in [0.1, 0.15) is 19.6 Å². The van der Waals surface area contributed by atoms with Crippen LogP contribution in [-0.2, 0) is 9.47 Å². The van der Waals surface area contributed by atoms with Gasteiger partial charge in [-0.1, -0.05) is 181 Å². The molecule has 0 rings (SSSR count). The molecule has 0 unspecified atom stereocenters. The van der Waals surface area contributed by atoms with Gasteiger partial charge in [0, 0.05) is 13.2 Å². The molecule has 0 aliphatic heterocycles. The van der Waals surface area contributed by atoms with Crippen molar-refractivity contribution in [3.8, 4) is 0 Å². The van der Waals surface area contributed by atoms with Gasteiger partial charge in [0.25, 0.3) is 0 Å². The first kappa shape index (κ1) is 42.8. The van der Waals surface area contributed by atoms with Crippen molar-refractivity contribution in [2.75, 3.05) is 59.7 Å². The van der Waals surface area contributed by atoms with Gasteiger partial charge in [0.05, 0.1) is 26.9 Å². The summed E-state index contributed by atoms with van der Waals surface area (Å²) < 4.78 is 12.8. The fraction of sp³-hybridized carbons (Fsp3) is 1.00. The van der Waals surface area contributed by atoms with E-state index in [9.17, 15) is 5.11 Å². The molecule has 4 nitrogen and oxygen atoms in total. The first-order valence-corrected chi connectivity index (χ1v) is 19.8. The molecule has 0 spiro atoms. The van der Waals surface area contributed by atoms with Crippen LogP contribution in [0.4, 0.5) is 0 Å². The highest BCUT2D eigenvalue weighted by atomic mass is 16.5. The Hall–Kier alpha value is -0.160. The number of aliphatic hydroxyl groups excluding tert-OH is 1. The maximum atomic E-state index is 9.59. The summed E-state index contributed by atoms with van der Waals surface area (Å²) in [6.07, 6.45) is 39.0. The van der Waals surface area contributed by atoms with Crippen molar-refractivity contribution in [2.45, 2.75) is 194 Å². The average molecular weight is 613 g/mol. The minimum atomic E-state index is 0.231. The summed E-state index contributed by atoms with van der Waals surface area (Å²) in [5.74, 6) is 0. The molecule has 0 aromatic rings. The highest BCUT2D eigenvalue weighted by Gasteiger charge is 2.20. The molecule has 0 atom stereocenters. The van der Waals surface area contributed by atoms with Gasteiger partial charge in [-0.2, -0.15) is 0 Å². The van der Waals surface area contributed by atoms with Gasteiger partial charge in [-0.15, -0.1) is 0 Å². The molecular formula is C39H82NO3+. The molecule has 0 bridgehead atoms. The third kappa shape index (κ3) is 34.6. The van der Waals surface area contributed by atoms with E-state index < -0.39 is 0 Å². The Morgan fingerprint density at radius 1 is 0.349 bits per heavy atom. The largest absolute Gasteiger partial charge is 0.391 e. The Balaban J connectivity index is 3.47. The van der Waals surface area contributed by atoms with E-state index >= 15 is 0 Å². The van der Waals surface area contributed by atoms with E-state index in [1.807, 2.05) is 0 Å². The van der Waals surface area contributed by atoms with Crippen molar-refractivity contribution < 1.29 is 19.1 Å². The number of hydrogen-bond acceptors (Lipinski definition) is 3. The number of rotatable bonds is 38. The summed E-state index contributed by atoms with van der Waals surface area (Å²) in [7, 11) is 2.24. The maximum Gasteiger partial charge on any atom is 0.102 e. The fourth-order valence-corrected chi connectivity index (χ4v) is 6.15. The molecule has 4 heteroatoms. The van der Waals surface area contributed by atoms with E-state index in [1.165, 1.54) is 180 Å². The molecule has 1 N–H and O–H groups in total. The first-order valence-electron chi connectivity index (χ1n) is 19.8. The SMILES string of the molecule is CCCCCCCCCCCCCCCCOCC[N+](C)(CCO)CCOCCCCCCCCCCCCCCCC. The van der Waals surface area contributed by atoms with Crippen LogP contribution in [0.15, 0.2) is 0 Å². The zero-order chi connectivity index (χ0) is 31.4. The van der Waals surface area contributed by atoms with Crippen LogP contribution >= 0.6 is 0 Å². The van der Waals surface area contributed by atoms with Crippen molar-refractivity contribution in [3.63, 3.8) is 0 Å². The van der Waals surface area contributed by atoms with Gasteiger partial charge in [-0.05, 0) is 12.8 Å². The van der Waals surface area contributed by atoms with Crippen LogP contribution in [0.5, 0.6) is 0 Å². The van der Waals surface area contributed by atoms with Crippen molar-refractivity contribution in [1.29, 1.82) is 0 Å². The number of ether oxygens (including phenoxy) is 2. The Morgan fingerprint density at radius 3 is 0.860 bits per heavy atom. The minimum Gasteiger partial charge on any atom is -0.391 e. The van der Waals surface area contributed by atoms with Gasteiger partial charge in [0.2, 0.25) is 0 Å². The van der Waals surface area contributed by atoms with Crippen molar-refractivity contribution >= 4 is 0 Å². The number of nitrogens with zero attached hydrogens (tertiary/aromatic N) is 1. The third-order valence-corrected chi connectivity index (χ3v) is 9.48. The van der Waals surface area contributed by atoms with Crippen LogP contribution in [0, 0.1) is 0 Å². The van der Waals surface area contributed by atoms with E-state index in [-0.39, 0.29) is 6.61 Å². The van der Waals surface area contributed by atoms with Crippen LogP contribution in [0.1, 0.15) is 194 Å². The van der Waals surface area contributed by atoms with Gasteiger partial charge >= 0.3 is 0 Å². The van der Waals surface area contributed by atoms with Crippen LogP contribution in [0.3, 0.4) is 0 Å². The summed E-state index contributed by atoms with van der Waals surface area (Å²) in [5, 5.41) is 9.59. The van der Waals surface area contributed by atoms with Crippen LogP contribution < -0.4 is 0 Å². The number of aliphatic hydroxyl groups is 1. The lowest BCUT2D eigenvalue weighted by atomic mass is 10.0. The van der Waals surface area contributed by atoms with Crippen LogP contribution in [-0.4, -0.2) is 69.3 Å². The van der Waals surface area contributed by atoms with E-state index in [4.69, 9.17) is 9.47 Å². The molecule has 0 heterocycles. The molecular weight excluding hydrogens is 530 g/mol. The van der Waals surface area contributed by atoms with Gasteiger partial charge in [-0.25, -0.2) is 0 Å². The molecule has 43 heavy (non-hydrogen) atoms. The number of quaternary nitrogens is 1. The number of likely N-dealkylation sites (N-methyl/N-ethyl adjacent to an activating group) is 1. The summed E-state index contributed by atoms with van der Waals surface area (Å²) in [4.78, 5) is 0. The molecule has 0 aliphatic rings. The second kappa shape index (κ2) is 36.3. The topological polar surface area (TPSA) is 38.7 Å². The van der Waals surface area contributed by atoms with E-state index in [0.29, 0.717) is 0 Å². The summed E-state index contributed by atoms with van der Waals surface area (Å²) in [6, 6.07) is 0. The monoisotopic (exact) mass is 613 g/mol. The average Bonchev–Trinajstić information content (AvgIpc) is 3.00. The first-order chi connectivity index (χ1) is 21.2. The second-order valence-corrected chi connectivity index (χ2v) is 13.9. The maximum absolute atomic E-state index is 9.59. The highest BCUT2D eigenvalue weighted by molar-refractivity contribution is 4.51. The van der Waals surface area contributed by atoms with Gasteiger partial charge in [-0.3, -0.25) is 0 Å². The van der Waals surface area contributed by atoms with Crippen molar-refractivity contribution in [2.24, 2.45) is 0 Å². The number of hydrogen-bond donors (Lipinski definition) is 1. The van der Waals surface area contributed by atoms with Crippen molar-refractivity contribution in [1.82, 2.24) is 0 Å². The Kier molecular flexibility index (Phi) is 36.2. The molecule has 0 fully saturated rings. The molecule has 0 aliphatic carbocycles. The fourth-order valence-electron chi connectivity index (χ4n) is 6.15. The molecule has 0 aromatic carbocycles. The van der Waals surface area contributed by atoms with Crippen LogP contribution in [0.2, 0.25) is 0 Å². The van der Waals surface area contributed by atoms with E-state index in [1.54, 1.807) is 0 Å². The molecule has 0 radical (unpaired) electrons.